The average molecular weight is 445 g/mol. The molecule has 3 aromatic heterocycles. The molecule has 0 atom stereocenters. The van der Waals surface area contributed by atoms with Crippen molar-refractivity contribution >= 4 is 33.8 Å². The lowest BCUT2D eigenvalue weighted by Gasteiger charge is -2.10. The maximum Gasteiger partial charge on any atom is 0.417 e. The van der Waals surface area contributed by atoms with Gasteiger partial charge in [0.15, 0.2) is 5.65 Å². The highest BCUT2D eigenvalue weighted by atomic mass is 32.2. The van der Waals surface area contributed by atoms with Crippen molar-refractivity contribution in [3.63, 3.8) is 0 Å². The number of fused-ring (bicyclic) bond motifs is 2. The summed E-state index contributed by atoms with van der Waals surface area (Å²) >= 11 is 1.14. The molecule has 3 heterocycles. The van der Waals surface area contributed by atoms with E-state index in [0.717, 1.165) is 23.9 Å². The molecular formula is C18H13F6N5S. The molecule has 0 aliphatic rings. The van der Waals surface area contributed by atoms with Crippen molar-refractivity contribution in [1.29, 1.82) is 0 Å². The number of nitrogens with zero attached hydrogens (tertiary/aromatic N) is 5. The molecule has 0 aliphatic heterocycles. The molecule has 0 saturated heterocycles. The molecule has 0 N–H and O–H groups in total. The molecule has 5 nitrogen and oxygen atoms in total. The number of alkyl halides is 6. The van der Waals surface area contributed by atoms with Crippen molar-refractivity contribution in [3.8, 4) is 5.95 Å². The largest absolute Gasteiger partial charge is 0.417 e. The third-order valence-corrected chi connectivity index (χ3v) is 5.38. The SMILES string of the molecule is CCSc1c2c(C(F)(F)F)cccc2nn1-c1nc2cc(C(F)(F)F)cnc2n1C. The summed E-state index contributed by atoms with van der Waals surface area (Å²) < 4.78 is 82.3. The zero-order valence-corrected chi connectivity index (χ0v) is 16.3. The van der Waals surface area contributed by atoms with Gasteiger partial charge in [0.2, 0.25) is 5.95 Å². The van der Waals surface area contributed by atoms with Gasteiger partial charge in [-0.05, 0) is 24.0 Å². The third-order valence-electron chi connectivity index (χ3n) is 4.45. The normalized spacial score (nSPS) is 12.9. The van der Waals surface area contributed by atoms with Crippen LogP contribution < -0.4 is 0 Å². The first kappa shape index (κ1) is 20.5. The predicted molar refractivity (Wildman–Crippen MR) is 99.5 cm³/mol. The van der Waals surface area contributed by atoms with Crippen LogP contribution in [0.15, 0.2) is 35.5 Å². The minimum absolute atomic E-state index is 0.0367. The average Bonchev–Trinajstić information content (AvgIpc) is 3.18. The Bertz CT molecular complexity index is 1250. The predicted octanol–water partition coefficient (Wildman–Crippen LogP) is 5.46. The van der Waals surface area contributed by atoms with Crippen LogP contribution in [-0.4, -0.2) is 30.1 Å². The molecule has 0 radical (unpaired) electrons. The summed E-state index contributed by atoms with van der Waals surface area (Å²) in [5.41, 5.74) is -1.57. The van der Waals surface area contributed by atoms with E-state index in [4.69, 9.17) is 0 Å². The number of benzene rings is 1. The molecule has 0 bridgehead atoms. The van der Waals surface area contributed by atoms with Crippen molar-refractivity contribution in [2.24, 2.45) is 7.05 Å². The molecule has 0 aliphatic carbocycles. The van der Waals surface area contributed by atoms with Crippen molar-refractivity contribution in [2.75, 3.05) is 5.75 Å². The van der Waals surface area contributed by atoms with Crippen LogP contribution in [0.1, 0.15) is 18.1 Å². The van der Waals surface area contributed by atoms with Crippen LogP contribution in [0.3, 0.4) is 0 Å². The molecule has 0 fully saturated rings. The van der Waals surface area contributed by atoms with Gasteiger partial charge < -0.3 is 0 Å². The molecule has 0 amide bonds. The van der Waals surface area contributed by atoms with E-state index in [1.807, 2.05) is 0 Å². The Morgan fingerprint density at radius 1 is 1.03 bits per heavy atom. The Balaban J connectivity index is 2.00. The molecule has 0 saturated carbocycles. The van der Waals surface area contributed by atoms with E-state index < -0.39 is 23.5 Å². The van der Waals surface area contributed by atoms with Crippen molar-refractivity contribution in [1.82, 2.24) is 24.3 Å². The number of halogens is 6. The quantitative estimate of drug-likeness (QED) is 0.311. The lowest BCUT2D eigenvalue weighted by Crippen LogP contribution is -2.08. The number of hydrogen-bond acceptors (Lipinski definition) is 4. The fourth-order valence-corrected chi connectivity index (χ4v) is 4.03. The zero-order valence-electron chi connectivity index (χ0n) is 15.5. The second-order valence-corrected chi connectivity index (χ2v) is 7.64. The lowest BCUT2D eigenvalue weighted by atomic mass is 10.1. The van der Waals surface area contributed by atoms with Gasteiger partial charge in [0.1, 0.15) is 10.5 Å². The van der Waals surface area contributed by atoms with E-state index in [1.54, 1.807) is 6.92 Å². The molecule has 4 aromatic rings. The minimum atomic E-state index is -4.59. The van der Waals surface area contributed by atoms with Crippen LogP contribution in [0.4, 0.5) is 26.3 Å². The molecule has 0 spiro atoms. The summed E-state index contributed by atoms with van der Waals surface area (Å²) in [4.78, 5) is 8.03. The Morgan fingerprint density at radius 2 is 1.77 bits per heavy atom. The van der Waals surface area contributed by atoms with Gasteiger partial charge in [-0.25, -0.2) is 9.97 Å². The lowest BCUT2D eigenvalue weighted by molar-refractivity contribution is -0.138. The van der Waals surface area contributed by atoms with E-state index in [-0.39, 0.29) is 33.0 Å². The van der Waals surface area contributed by atoms with Crippen LogP contribution in [0.25, 0.3) is 28.0 Å². The molecule has 30 heavy (non-hydrogen) atoms. The van der Waals surface area contributed by atoms with E-state index in [1.165, 1.54) is 28.4 Å². The molecule has 4 rings (SSSR count). The summed E-state index contributed by atoms with van der Waals surface area (Å²) in [6.07, 6.45) is -8.49. The maximum atomic E-state index is 13.6. The first-order valence-electron chi connectivity index (χ1n) is 8.64. The summed E-state index contributed by atoms with van der Waals surface area (Å²) in [6, 6.07) is 4.53. The van der Waals surface area contributed by atoms with Gasteiger partial charge in [-0.1, -0.05) is 13.0 Å². The number of rotatable bonds is 3. The monoisotopic (exact) mass is 445 g/mol. The van der Waals surface area contributed by atoms with Gasteiger partial charge in [0, 0.05) is 18.6 Å². The van der Waals surface area contributed by atoms with Crippen LogP contribution >= 0.6 is 11.8 Å². The smallest absolute Gasteiger partial charge is 0.296 e. The Labute approximate surface area is 169 Å². The van der Waals surface area contributed by atoms with Crippen molar-refractivity contribution < 1.29 is 26.3 Å². The molecular weight excluding hydrogens is 432 g/mol. The summed E-state index contributed by atoms with van der Waals surface area (Å²) in [5.74, 6) is 0.519. The van der Waals surface area contributed by atoms with Gasteiger partial charge in [0.05, 0.1) is 16.6 Å². The highest BCUT2D eigenvalue weighted by Gasteiger charge is 2.35. The Morgan fingerprint density at radius 3 is 2.40 bits per heavy atom. The van der Waals surface area contributed by atoms with Gasteiger partial charge >= 0.3 is 12.4 Å². The summed E-state index contributed by atoms with van der Waals surface area (Å²) in [5, 5.41) is 4.39. The molecule has 1 aromatic carbocycles. The number of aromatic nitrogens is 5. The van der Waals surface area contributed by atoms with Gasteiger partial charge in [-0.15, -0.1) is 11.8 Å². The Kier molecular flexibility index (Phi) is 4.71. The van der Waals surface area contributed by atoms with E-state index in [2.05, 4.69) is 15.1 Å². The highest BCUT2D eigenvalue weighted by molar-refractivity contribution is 7.99. The number of pyridine rings is 1. The van der Waals surface area contributed by atoms with Crippen LogP contribution in [0.5, 0.6) is 0 Å². The molecule has 0 unspecified atom stereocenters. The summed E-state index contributed by atoms with van der Waals surface area (Å²) in [6.45, 7) is 1.77. The topological polar surface area (TPSA) is 48.5 Å². The second-order valence-electron chi connectivity index (χ2n) is 6.38. The van der Waals surface area contributed by atoms with E-state index in [0.29, 0.717) is 11.9 Å². The number of thioether (sulfide) groups is 1. The first-order chi connectivity index (χ1) is 14.0. The van der Waals surface area contributed by atoms with Crippen molar-refractivity contribution in [3.05, 3.63) is 41.6 Å². The van der Waals surface area contributed by atoms with E-state index >= 15 is 0 Å². The van der Waals surface area contributed by atoms with Crippen molar-refractivity contribution in [2.45, 2.75) is 24.3 Å². The second kappa shape index (κ2) is 6.89. The number of imidazole rings is 1. The van der Waals surface area contributed by atoms with Gasteiger partial charge in [0.25, 0.3) is 0 Å². The number of hydrogen-bond donors (Lipinski definition) is 0. The first-order valence-corrected chi connectivity index (χ1v) is 9.62. The zero-order chi connectivity index (χ0) is 21.8. The summed E-state index contributed by atoms with van der Waals surface area (Å²) in [7, 11) is 1.52. The Hall–Kier alpha value is -2.76. The standard InChI is InChI=1S/C18H13F6N5S/c1-3-30-15-13-10(18(22,23)24)5-4-6-11(13)27-29(15)16-26-12-7-9(17(19,20)21)8-25-14(12)28(16)2/h4-8H,3H2,1-2H3. The van der Waals surface area contributed by atoms with Crippen LogP contribution in [0.2, 0.25) is 0 Å². The van der Waals surface area contributed by atoms with Crippen LogP contribution in [-0.2, 0) is 19.4 Å². The minimum Gasteiger partial charge on any atom is -0.296 e. The van der Waals surface area contributed by atoms with Crippen LogP contribution in [0, 0.1) is 0 Å². The fourth-order valence-electron chi connectivity index (χ4n) is 3.16. The number of aryl methyl sites for hydroxylation is 1. The highest BCUT2D eigenvalue weighted by Crippen LogP contribution is 2.40. The third kappa shape index (κ3) is 3.28. The maximum absolute atomic E-state index is 13.6. The van der Waals surface area contributed by atoms with E-state index in [9.17, 15) is 26.3 Å². The molecule has 158 valence electrons. The van der Waals surface area contributed by atoms with Gasteiger partial charge in [-0.3, -0.25) is 4.57 Å². The fraction of sp³-hybridized carbons (Fsp3) is 0.278. The van der Waals surface area contributed by atoms with Gasteiger partial charge in [-0.2, -0.15) is 36.1 Å². The molecule has 12 heteroatoms.